The van der Waals surface area contributed by atoms with Crippen molar-refractivity contribution >= 4 is 17.6 Å². The zero-order chi connectivity index (χ0) is 18.9. The summed E-state index contributed by atoms with van der Waals surface area (Å²) in [5.74, 6) is 1.06. The van der Waals surface area contributed by atoms with Crippen molar-refractivity contribution in [1.82, 2.24) is 15.2 Å². The van der Waals surface area contributed by atoms with Crippen molar-refractivity contribution in [2.24, 2.45) is 5.41 Å². The number of amides is 2. The molecule has 2 saturated heterocycles. The van der Waals surface area contributed by atoms with Gasteiger partial charge in [-0.1, -0.05) is 12.8 Å². The maximum atomic E-state index is 12.5. The number of nitrogens with zero attached hydrogens (tertiary/aromatic N) is 3. The van der Waals surface area contributed by atoms with Crippen LogP contribution in [0.15, 0.2) is 18.3 Å². The van der Waals surface area contributed by atoms with Crippen LogP contribution in [0.25, 0.3) is 0 Å². The highest BCUT2D eigenvalue weighted by molar-refractivity contribution is 5.98. The third-order valence-corrected chi connectivity index (χ3v) is 6.84. The van der Waals surface area contributed by atoms with Gasteiger partial charge in [0.1, 0.15) is 5.82 Å². The molecule has 146 valence electrons. The van der Waals surface area contributed by atoms with Crippen molar-refractivity contribution < 1.29 is 9.59 Å². The maximum Gasteiger partial charge on any atom is 0.254 e. The first-order chi connectivity index (χ1) is 13.1. The van der Waals surface area contributed by atoms with Gasteiger partial charge in [-0.15, -0.1) is 0 Å². The zero-order valence-electron chi connectivity index (χ0n) is 16.2. The van der Waals surface area contributed by atoms with Gasteiger partial charge in [0, 0.05) is 45.3 Å². The first-order valence-electron chi connectivity index (χ1n) is 10.3. The van der Waals surface area contributed by atoms with Crippen LogP contribution in [0, 0.1) is 5.41 Å². The molecule has 3 aliphatic rings. The van der Waals surface area contributed by atoms with Crippen molar-refractivity contribution in [3.8, 4) is 0 Å². The van der Waals surface area contributed by atoms with E-state index in [1.807, 2.05) is 12.1 Å². The molecule has 27 heavy (non-hydrogen) atoms. The predicted molar refractivity (Wildman–Crippen MR) is 105 cm³/mol. The Morgan fingerprint density at radius 2 is 1.96 bits per heavy atom. The van der Waals surface area contributed by atoms with E-state index >= 15 is 0 Å². The molecule has 0 aromatic carbocycles. The molecule has 2 aliphatic heterocycles. The second-order valence-corrected chi connectivity index (χ2v) is 8.40. The number of aromatic nitrogens is 1. The fourth-order valence-corrected chi connectivity index (χ4v) is 5.15. The second-order valence-electron chi connectivity index (χ2n) is 8.40. The van der Waals surface area contributed by atoms with E-state index in [1.165, 1.54) is 25.7 Å². The van der Waals surface area contributed by atoms with Crippen LogP contribution in [-0.4, -0.2) is 54.4 Å². The first-order valence-corrected chi connectivity index (χ1v) is 10.3. The highest BCUT2D eigenvalue weighted by Crippen LogP contribution is 2.43. The Morgan fingerprint density at radius 3 is 2.67 bits per heavy atom. The molecule has 3 fully saturated rings. The largest absolute Gasteiger partial charge is 0.356 e. The van der Waals surface area contributed by atoms with E-state index in [2.05, 4.69) is 20.1 Å². The Hall–Kier alpha value is -2.11. The Labute approximate surface area is 161 Å². The van der Waals surface area contributed by atoms with Crippen LogP contribution in [0.1, 0.15) is 61.7 Å². The first kappa shape index (κ1) is 18.3. The zero-order valence-corrected chi connectivity index (χ0v) is 16.2. The fourth-order valence-electron chi connectivity index (χ4n) is 5.15. The van der Waals surface area contributed by atoms with Crippen LogP contribution >= 0.6 is 0 Å². The van der Waals surface area contributed by atoms with Gasteiger partial charge in [-0.3, -0.25) is 9.59 Å². The molecule has 0 atom stereocenters. The van der Waals surface area contributed by atoms with Gasteiger partial charge in [0.25, 0.3) is 5.91 Å². The lowest BCUT2D eigenvalue weighted by atomic mass is 9.72. The third kappa shape index (κ3) is 3.54. The maximum absolute atomic E-state index is 12.5. The summed E-state index contributed by atoms with van der Waals surface area (Å²) >= 11 is 0. The molecule has 1 saturated carbocycles. The summed E-state index contributed by atoms with van der Waals surface area (Å²) in [7, 11) is 1.65. The summed E-state index contributed by atoms with van der Waals surface area (Å²) in [6.45, 7) is 2.72. The molecule has 6 heteroatoms. The lowest BCUT2D eigenvalue weighted by Gasteiger charge is -2.49. The summed E-state index contributed by atoms with van der Waals surface area (Å²) in [5.41, 5.74) is 0.886. The minimum absolute atomic E-state index is 0.0888. The minimum Gasteiger partial charge on any atom is -0.356 e. The van der Waals surface area contributed by atoms with Gasteiger partial charge < -0.3 is 15.1 Å². The van der Waals surface area contributed by atoms with Crippen molar-refractivity contribution in [3.63, 3.8) is 0 Å². The molecule has 6 nitrogen and oxygen atoms in total. The molecule has 4 rings (SSSR count). The molecule has 1 aromatic rings. The number of carbonyl (C=O) groups excluding carboxylic acids is 2. The Balaban J connectivity index is 1.46. The number of anilines is 1. The van der Waals surface area contributed by atoms with Crippen molar-refractivity contribution in [2.75, 3.05) is 31.6 Å². The minimum atomic E-state index is -0.0888. The highest BCUT2D eigenvalue weighted by Gasteiger charge is 2.43. The number of nitrogens with one attached hydrogen (secondary N) is 1. The van der Waals surface area contributed by atoms with Gasteiger partial charge in [-0.2, -0.15) is 0 Å². The normalized spacial score (nSPS) is 23.1. The van der Waals surface area contributed by atoms with E-state index in [0.717, 1.165) is 44.7 Å². The fraction of sp³-hybridized carbons (Fsp3) is 0.667. The van der Waals surface area contributed by atoms with Gasteiger partial charge in [0.2, 0.25) is 5.91 Å². The number of likely N-dealkylation sites (tertiary alicyclic amines) is 1. The van der Waals surface area contributed by atoms with Gasteiger partial charge in [0.05, 0.1) is 5.56 Å². The lowest BCUT2D eigenvalue weighted by molar-refractivity contribution is -0.141. The Morgan fingerprint density at radius 1 is 1.22 bits per heavy atom. The molecule has 3 heterocycles. The molecule has 1 aliphatic carbocycles. The monoisotopic (exact) mass is 370 g/mol. The topological polar surface area (TPSA) is 65.5 Å². The molecular formula is C21H30N4O2. The average molecular weight is 370 g/mol. The Bertz CT molecular complexity index is 706. The SMILES string of the molecule is CNC(=O)c1cccnc1N1CCC2(CCC(=O)N(C3CCCC3)C2)CC1. The molecule has 1 aromatic heterocycles. The van der Waals surface area contributed by atoms with E-state index in [-0.39, 0.29) is 11.3 Å². The molecule has 0 bridgehead atoms. The quantitative estimate of drug-likeness (QED) is 0.888. The van der Waals surface area contributed by atoms with E-state index in [1.54, 1.807) is 13.2 Å². The number of hydrogen-bond donors (Lipinski definition) is 1. The molecule has 0 unspecified atom stereocenters. The lowest BCUT2D eigenvalue weighted by Crippen LogP contribution is -2.54. The van der Waals surface area contributed by atoms with E-state index < -0.39 is 0 Å². The van der Waals surface area contributed by atoms with Gasteiger partial charge in [0.15, 0.2) is 0 Å². The number of piperidine rings is 2. The van der Waals surface area contributed by atoms with Crippen molar-refractivity contribution in [3.05, 3.63) is 23.9 Å². The third-order valence-electron chi connectivity index (χ3n) is 6.84. The number of carbonyl (C=O) groups is 2. The number of rotatable bonds is 3. The second kappa shape index (κ2) is 7.49. The van der Waals surface area contributed by atoms with Crippen LogP contribution in [0.3, 0.4) is 0 Å². The summed E-state index contributed by atoms with van der Waals surface area (Å²) in [6.07, 6.45) is 10.5. The molecule has 1 N–H and O–H groups in total. The number of hydrogen-bond acceptors (Lipinski definition) is 4. The van der Waals surface area contributed by atoms with Crippen molar-refractivity contribution in [2.45, 2.75) is 57.4 Å². The molecule has 1 spiro atoms. The molecule has 0 radical (unpaired) electrons. The van der Waals surface area contributed by atoms with Crippen LogP contribution in [0.5, 0.6) is 0 Å². The summed E-state index contributed by atoms with van der Waals surface area (Å²) in [5, 5.41) is 2.71. The standard InChI is InChI=1S/C21H30N4O2/c1-22-20(27)17-7-4-12-23-19(17)24-13-10-21(11-14-24)9-8-18(26)25(15-21)16-5-2-3-6-16/h4,7,12,16H,2-3,5-6,8-11,13-15H2,1H3,(H,22,27). The van der Waals surface area contributed by atoms with E-state index in [0.29, 0.717) is 23.9 Å². The van der Waals surface area contributed by atoms with E-state index in [4.69, 9.17) is 0 Å². The summed E-state index contributed by atoms with van der Waals surface area (Å²) < 4.78 is 0. The van der Waals surface area contributed by atoms with E-state index in [9.17, 15) is 9.59 Å². The van der Waals surface area contributed by atoms with Gasteiger partial charge >= 0.3 is 0 Å². The van der Waals surface area contributed by atoms with Gasteiger partial charge in [-0.25, -0.2) is 4.98 Å². The smallest absolute Gasteiger partial charge is 0.254 e. The van der Waals surface area contributed by atoms with Crippen molar-refractivity contribution in [1.29, 1.82) is 0 Å². The summed E-state index contributed by atoms with van der Waals surface area (Å²) in [4.78, 5) is 33.6. The van der Waals surface area contributed by atoms with Crippen LogP contribution in [-0.2, 0) is 4.79 Å². The number of pyridine rings is 1. The van der Waals surface area contributed by atoms with Crippen LogP contribution in [0.2, 0.25) is 0 Å². The van der Waals surface area contributed by atoms with Gasteiger partial charge in [-0.05, 0) is 49.7 Å². The predicted octanol–water partition coefficient (Wildman–Crippen LogP) is 2.59. The highest BCUT2D eigenvalue weighted by atomic mass is 16.2. The summed E-state index contributed by atoms with van der Waals surface area (Å²) in [6, 6.07) is 4.13. The Kier molecular flexibility index (Phi) is 5.06. The van der Waals surface area contributed by atoms with Crippen LogP contribution < -0.4 is 10.2 Å². The molecular weight excluding hydrogens is 340 g/mol. The average Bonchev–Trinajstić information content (AvgIpc) is 3.25. The van der Waals surface area contributed by atoms with Crippen LogP contribution in [0.4, 0.5) is 5.82 Å². The molecule has 2 amide bonds.